The van der Waals surface area contributed by atoms with Gasteiger partial charge in [0.2, 0.25) is 5.91 Å². The molecule has 28 heavy (non-hydrogen) atoms. The Morgan fingerprint density at radius 3 is 2.46 bits per heavy atom. The van der Waals surface area contributed by atoms with Crippen LogP contribution in [0.2, 0.25) is 0 Å². The molecule has 1 atom stereocenters. The molecule has 3 heterocycles. The van der Waals surface area contributed by atoms with Crippen molar-refractivity contribution in [3.8, 4) is 11.6 Å². The van der Waals surface area contributed by atoms with Crippen LogP contribution in [-0.4, -0.2) is 50.1 Å². The number of alkyl halides is 3. The highest BCUT2D eigenvalue weighted by Gasteiger charge is 2.45. The Hall–Kier alpha value is -2.72. The molecule has 1 spiro atoms. The maximum Gasteiger partial charge on any atom is 0.434 e. The third-order valence-corrected chi connectivity index (χ3v) is 5.39. The van der Waals surface area contributed by atoms with Crippen LogP contribution in [-0.2, 0) is 11.0 Å². The first-order chi connectivity index (χ1) is 13.3. The van der Waals surface area contributed by atoms with E-state index in [9.17, 15) is 18.0 Å². The minimum atomic E-state index is -4.57. The Morgan fingerprint density at radius 2 is 1.89 bits per heavy atom. The van der Waals surface area contributed by atoms with Crippen molar-refractivity contribution in [1.82, 2.24) is 25.1 Å². The van der Waals surface area contributed by atoms with Crippen LogP contribution in [0.5, 0.6) is 0 Å². The van der Waals surface area contributed by atoms with Gasteiger partial charge in [-0.3, -0.25) is 4.79 Å². The highest BCUT2D eigenvalue weighted by Crippen LogP contribution is 2.53. The third kappa shape index (κ3) is 3.78. The number of hydrogen-bond donors (Lipinski definition) is 1. The molecule has 4 rings (SSSR count). The second kappa shape index (κ2) is 6.71. The van der Waals surface area contributed by atoms with Gasteiger partial charge in [0.25, 0.3) is 5.89 Å². The average Bonchev–Trinajstić information content (AvgIpc) is 3.25. The van der Waals surface area contributed by atoms with E-state index < -0.39 is 17.9 Å². The lowest BCUT2D eigenvalue weighted by atomic mass is 9.93. The van der Waals surface area contributed by atoms with E-state index in [4.69, 9.17) is 4.42 Å². The number of carbonyl (C=O) groups excluding carboxylic acids is 1. The third-order valence-electron chi connectivity index (χ3n) is 5.39. The molecular weight excluding hydrogens is 377 g/mol. The summed E-state index contributed by atoms with van der Waals surface area (Å²) in [6.07, 6.45) is 1.56. The fourth-order valence-corrected chi connectivity index (χ4v) is 3.37. The van der Waals surface area contributed by atoms with Gasteiger partial charge in [0.1, 0.15) is 11.7 Å². The molecule has 2 aromatic heterocycles. The van der Waals surface area contributed by atoms with Crippen molar-refractivity contribution in [3.05, 3.63) is 18.1 Å². The largest absolute Gasteiger partial charge is 0.434 e. The molecule has 1 N–H and O–H groups in total. The number of amides is 1. The van der Waals surface area contributed by atoms with E-state index in [-0.39, 0.29) is 23.5 Å². The van der Waals surface area contributed by atoms with E-state index in [2.05, 4.69) is 25.5 Å². The molecule has 1 saturated carbocycles. The molecule has 0 unspecified atom stereocenters. The molecule has 2 fully saturated rings. The fraction of sp³-hybridized carbons (Fsp3) is 0.588. The summed E-state index contributed by atoms with van der Waals surface area (Å²) in [6.45, 7) is 3.20. The number of nitrogens with one attached hydrogen (secondary N) is 1. The summed E-state index contributed by atoms with van der Waals surface area (Å²) in [4.78, 5) is 21.4. The summed E-state index contributed by atoms with van der Waals surface area (Å²) in [5.41, 5.74) is -0.613. The second-order valence-corrected chi connectivity index (χ2v) is 7.39. The lowest BCUT2D eigenvalue weighted by Gasteiger charge is -2.33. The standard InChI is InChI=1S/C17H19F3N6O2/c1-10(14(27)26-6-4-16(2-3-16)5-7-26)23-15-25-24-13(28-15)11-8-22-12(9-21-11)17(18,19)20/h8-10H,2-7H2,1H3,(H,23,25)/t10-/m0/s1. The Bertz CT molecular complexity index is 853. The Kier molecular flexibility index (Phi) is 4.47. The summed E-state index contributed by atoms with van der Waals surface area (Å²) in [7, 11) is 0. The van der Waals surface area contributed by atoms with Crippen molar-refractivity contribution in [3.63, 3.8) is 0 Å². The molecular formula is C17H19F3N6O2. The zero-order chi connectivity index (χ0) is 19.9. The Labute approximate surface area is 158 Å². The molecule has 1 saturated heterocycles. The normalized spacial score (nSPS) is 19.5. The Morgan fingerprint density at radius 1 is 1.18 bits per heavy atom. The van der Waals surface area contributed by atoms with E-state index in [1.807, 2.05) is 4.90 Å². The number of anilines is 1. The monoisotopic (exact) mass is 396 g/mol. The van der Waals surface area contributed by atoms with E-state index in [0.29, 0.717) is 11.6 Å². The summed E-state index contributed by atoms with van der Waals surface area (Å²) >= 11 is 0. The average molecular weight is 396 g/mol. The van der Waals surface area contributed by atoms with E-state index in [1.54, 1.807) is 6.92 Å². The number of nitrogens with zero attached hydrogens (tertiary/aromatic N) is 5. The fourth-order valence-electron chi connectivity index (χ4n) is 3.37. The van der Waals surface area contributed by atoms with Crippen molar-refractivity contribution in [2.45, 2.75) is 44.8 Å². The van der Waals surface area contributed by atoms with Gasteiger partial charge in [0, 0.05) is 13.1 Å². The van der Waals surface area contributed by atoms with Crippen LogP contribution in [0.4, 0.5) is 19.2 Å². The van der Waals surface area contributed by atoms with Crippen LogP contribution in [0.25, 0.3) is 11.6 Å². The molecule has 2 aliphatic rings. The van der Waals surface area contributed by atoms with Gasteiger partial charge in [-0.05, 0) is 38.0 Å². The van der Waals surface area contributed by atoms with Gasteiger partial charge in [-0.2, -0.15) is 13.2 Å². The first kappa shape index (κ1) is 18.6. The van der Waals surface area contributed by atoms with Gasteiger partial charge in [-0.15, -0.1) is 5.10 Å². The smallest absolute Gasteiger partial charge is 0.402 e. The maximum atomic E-state index is 12.6. The first-order valence-electron chi connectivity index (χ1n) is 9.04. The van der Waals surface area contributed by atoms with E-state index in [0.717, 1.165) is 32.1 Å². The van der Waals surface area contributed by atoms with E-state index >= 15 is 0 Å². The van der Waals surface area contributed by atoms with Crippen molar-refractivity contribution < 1.29 is 22.4 Å². The molecule has 0 bridgehead atoms. The predicted molar refractivity (Wildman–Crippen MR) is 90.9 cm³/mol. The zero-order valence-electron chi connectivity index (χ0n) is 15.2. The quantitative estimate of drug-likeness (QED) is 0.849. The maximum absolute atomic E-state index is 12.6. The van der Waals surface area contributed by atoms with Gasteiger partial charge in [-0.25, -0.2) is 9.97 Å². The van der Waals surface area contributed by atoms with Crippen molar-refractivity contribution >= 4 is 11.9 Å². The lowest BCUT2D eigenvalue weighted by Crippen LogP contribution is -2.45. The van der Waals surface area contributed by atoms with Crippen LogP contribution in [0.3, 0.4) is 0 Å². The molecule has 1 aliphatic carbocycles. The highest BCUT2D eigenvalue weighted by molar-refractivity contribution is 5.83. The van der Waals surface area contributed by atoms with Gasteiger partial charge in [0.15, 0.2) is 5.69 Å². The number of aromatic nitrogens is 4. The summed E-state index contributed by atoms with van der Waals surface area (Å²) in [5.74, 6) is -0.137. The van der Waals surface area contributed by atoms with Crippen LogP contribution in [0.15, 0.2) is 16.8 Å². The molecule has 0 radical (unpaired) electrons. The number of likely N-dealkylation sites (tertiary alicyclic amines) is 1. The second-order valence-electron chi connectivity index (χ2n) is 7.39. The number of carbonyl (C=O) groups is 1. The minimum Gasteiger partial charge on any atom is -0.402 e. The van der Waals surface area contributed by atoms with Gasteiger partial charge < -0.3 is 14.6 Å². The van der Waals surface area contributed by atoms with Gasteiger partial charge in [-0.1, -0.05) is 5.10 Å². The molecule has 1 aliphatic heterocycles. The molecule has 1 amide bonds. The van der Waals surface area contributed by atoms with Gasteiger partial charge >= 0.3 is 12.2 Å². The van der Waals surface area contributed by atoms with Crippen molar-refractivity contribution in [2.24, 2.45) is 5.41 Å². The number of piperidine rings is 1. The van der Waals surface area contributed by atoms with Crippen LogP contribution in [0, 0.1) is 5.41 Å². The minimum absolute atomic E-state index is 0.00628. The van der Waals surface area contributed by atoms with Crippen LogP contribution >= 0.6 is 0 Å². The predicted octanol–water partition coefficient (Wildman–Crippen LogP) is 2.75. The summed E-state index contributed by atoms with van der Waals surface area (Å²) < 4.78 is 43.0. The van der Waals surface area contributed by atoms with Crippen LogP contribution < -0.4 is 5.32 Å². The van der Waals surface area contributed by atoms with Crippen molar-refractivity contribution in [1.29, 1.82) is 0 Å². The van der Waals surface area contributed by atoms with E-state index in [1.165, 1.54) is 12.8 Å². The highest BCUT2D eigenvalue weighted by atomic mass is 19.4. The Balaban J connectivity index is 1.37. The first-order valence-corrected chi connectivity index (χ1v) is 9.04. The molecule has 2 aromatic rings. The zero-order valence-corrected chi connectivity index (χ0v) is 15.2. The summed E-state index contributed by atoms with van der Waals surface area (Å²) in [5, 5.41) is 10.4. The topological polar surface area (TPSA) is 97.0 Å². The van der Waals surface area contributed by atoms with Gasteiger partial charge in [0.05, 0.1) is 12.4 Å². The number of hydrogen-bond acceptors (Lipinski definition) is 7. The molecule has 11 heteroatoms. The SMILES string of the molecule is C[C@H](Nc1nnc(-c2cnc(C(F)(F)F)cn2)o1)C(=O)N1CCC2(CC1)CC2. The number of rotatable bonds is 4. The molecule has 8 nitrogen and oxygen atoms in total. The molecule has 0 aromatic carbocycles. The van der Waals surface area contributed by atoms with Crippen molar-refractivity contribution in [2.75, 3.05) is 18.4 Å². The lowest BCUT2D eigenvalue weighted by molar-refractivity contribution is -0.141. The van der Waals surface area contributed by atoms with Crippen LogP contribution in [0.1, 0.15) is 38.3 Å². The number of halogens is 3. The summed E-state index contributed by atoms with van der Waals surface area (Å²) in [6, 6.07) is -0.575. The molecule has 150 valence electrons.